The number of nitrogens with two attached hydrogens (primary N) is 1. The molecule has 21 heavy (non-hydrogen) atoms. The maximum Gasteiger partial charge on any atom is 0.227 e. The van der Waals surface area contributed by atoms with Gasteiger partial charge in [-0.25, -0.2) is 15.8 Å². The summed E-state index contributed by atoms with van der Waals surface area (Å²) < 4.78 is 5.95. The number of nitrogens with zero attached hydrogens (tertiary/aromatic N) is 3. The molecule has 3 N–H and O–H groups in total. The summed E-state index contributed by atoms with van der Waals surface area (Å²) in [4.78, 5) is 12.7. The molecule has 0 saturated carbocycles. The van der Waals surface area contributed by atoms with Gasteiger partial charge in [0.2, 0.25) is 5.88 Å². The van der Waals surface area contributed by atoms with Gasteiger partial charge in [-0.05, 0) is 18.6 Å². The molecule has 0 radical (unpaired) electrons. The Morgan fingerprint density at radius 3 is 2.81 bits per heavy atom. The molecule has 0 amide bonds. The van der Waals surface area contributed by atoms with Crippen LogP contribution in [0.4, 0.5) is 5.82 Å². The largest absolute Gasteiger partial charge is 0.436 e. The third kappa shape index (κ3) is 2.48. The quantitative estimate of drug-likeness (QED) is 0.565. The summed E-state index contributed by atoms with van der Waals surface area (Å²) in [6, 6.07) is 9.66. The molecule has 0 spiro atoms. The summed E-state index contributed by atoms with van der Waals surface area (Å²) in [5, 5.41) is 1.01. The van der Waals surface area contributed by atoms with E-state index in [2.05, 4.69) is 20.4 Å². The first-order valence-corrected chi connectivity index (χ1v) is 6.65. The van der Waals surface area contributed by atoms with Crippen LogP contribution >= 0.6 is 0 Å². The van der Waals surface area contributed by atoms with Gasteiger partial charge in [-0.1, -0.05) is 25.1 Å². The van der Waals surface area contributed by atoms with Crippen molar-refractivity contribution in [3.05, 3.63) is 48.4 Å². The van der Waals surface area contributed by atoms with Gasteiger partial charge in [0.25, 0.3) is 0 Å². The van der Waals surface area contributed by atoms with E-state index in [1.807, 2.05) is 37.3 Å². The number of nitrogen functional groups attached to an aromatic ring is 1. The number of pyridine rings is 1. The number of aromatic nitrogens is 3. The summed E-state index contributed by atoms with van der Waals surface area (Å²) >= 11 is 0. The van der Waals surface area contributed by atoms with E-state index in [4.69, 9.17) is 10.6 Å². The van der Waals surface area contributed by atoms with Crippen molar-refractivity contribution in [3.8, 4) is 11.6 Å². The Morgan fingerprint density at radius 2 is 2.00 bits per heavy atom. The summed E-state index contributed by atoms with van der Waals surface area (Å²) in [6.45, 7) is 1.99. The Kier molecular flexibility index (Phi) is 3.61. The van der Waals surface area contributed by atoms with E-state index in [1.165, 1.54) is 6.33 Å². The Bertz CT molecular complexity index is 770. The van der Waals surface area contributed by atoms with E-state index in [0.717, 1.165) is 16.5 Å². The van der Waals surface area contributed by atoms with Crippen molar-refractivity contribution in [2.24, 2.45) is 5.84 Å². The molecular formula is C15H15N5O. The Hall–Kier alpha value is -2.73. The van der Waals surface area contributed by atoms with Crippen LogP contribution in [-0.2, 0) is 6.42 Å². The lowest BCUT2D eigenvalue weighted by atomic mass is 10.2. The highest BCUT2D eigenvalue weighted by Gasteiger charge is 2.12. The highest BCUT2D eigenvalue weighted by Crippen LogP contribution is 2.30. The summed E-state index contributed by atoms with van der Waals surface area (Å²) in [6.07, 6.45) is 3.86. The number of hydrogen-bond acceptors (Lipinski definition) is 6. The van der Waals surface area contributed by atoms with Crippen LogP contribution < -0.4 is 16.0 Å². The maximum atomic E-state index is 5.95. The molecule has 0 atom stereocenters. The molecule has 0 bridgehead atoms. The molecule has 0 aliphatic carbocycles. The fraction of sp³-hybridized carbons (Fsp3) is 0.133. The van der Waals surface area contributed by atoms with Crippen molar-refractivity contribution >= 4 is 16.7 Å². The normalized spacial score (nSPS) is 10.6. The van der Waals surface area contributed by atoms with Crippen molar-refractivity contribution in [2.75, 3.05) is 5.43 Å². The average molecular weight is 281 g/mol. The summed E-state index contributed by atoms with van der Waals surface area (Å²) in [7, 11) is 0. The molecule has 3 rings (SSSR count). The van der Waals surface area contributed by atoms with Gasteiger partial charge in [0, 0.05) is 11.6 Å². The van der Waals surface area contributed by atoms with Crippen LogP contribution in [0.25, 0.3) is 10.9 Å². The first-order chi connectivity index (χ1) is 10.3. The summed E-state index contributed by atoms with van der Waals surface area (Å²) in [5.74, 6) is 7.18. The van der Waals surface area contributed by atoms with Crippen LogP contribution in [0.2, 0.25) is 0 Å². The molecule has 0 aliphatic rings. The molecule has 0 fully saturated rings. The zero-order chi connectivity index (χ0) is 14.7. The molecule has 0 saturated heterocycles. The van der Waals surface area contributed by atoms with Gasteiger partial charge in [-0.2, -0.15) is 0 Å². The standard InChI is InChI=1S/C15H15N5O/c1-2-11-14(20-16)18-9-19-15(11)21-12-7-3-5-10-6-4-8-17-13(10)12/h3-9H,2,16H2,1H3,(H,18,19,20). The molecule has 6 nitrogen and oxygen atoms in total. The first-order valence-electron chi connectivity index (χ1n) is 6.65. The van der Waals surface area contributed by atoms with E-state index < -0.39 is 0 Å². The van der Waals surface area contributed by atoms with Crippen LogP contribution in [-0.4, -0.2) is 15.0 Å². The molecule has 0 unspecified atom stereocenters. The molecule has 106 valence electrons. The molecule has 2 aromatic heterocycles. The number of benzene rings is 1. The Labute approximate surface area is 122 Å². The number of ether oxygens (including phenoxy) is 1. The average Bonchev–Trinajstić information content (AvgIpc) is 2.55. The first kappa shape index (κ1) is 13.3. The number of nitrogens with one attached hydrogen (secondary N) is 1. The molecule has 3 aromatic rings. The minimum absolute atomic E-state index is 0.485. The van der Waals surface area contributed by atoms with Crippen molar-refractivity contribution in [3.63, 3.8) is 0 Å². The van der Waals surface area contributed by atoms with E-state index >= 15 is 0 Å². The van der Waals surface area contributed by atoms with Crippen LogP contribution in [0.3, 0.4) is 0 Å². The molecule has 1 aromatic carbocycles. The molecule has 2 heterocycles. The molecular weight excluding hydrogens is 266 g/mol. The van der Waals surface area contributed by atoms with Gasteiger partial charge in [-0.3, -0.25) is 4.98 Å². The zero-order valence-electron chi connectivity index (χ0n) is 11.6. The highest BCUT2D eigenvalue weighted by atomic mass is 16.5. The van der Waals surface area contributed by atoms with Gasteiger partial charge in [0.1, 0.15) is 17.7 Å². The minimum Gasteiger partial charge on any atom is -0.436 e. The monoisotopic (exact) mass is 281 g/mol. The molecule has 6 heteroatoms. The van der Waals surface area contributed by atoms with Gasteiger partial charge in [-0.15, -0.1) is 0 Å². The fourth-order valence-electron chi connectivity index (χ4n) is 2.19. The van der Waals surface area contributed by atoms with E-state index in [0.29, 0.717) is 23.9 Å². The molecule has 0 aliphatic heterocycles. The second kappa shape index (κ2) is 5.72. The third-order valence-corrected chi connectivity index (χ3v) is 3.20. The minimum atomic E-state index is 0.485. The van der Waals surface area contributed by atoms with E-state index in [9.17, 15) is 0 Å². The van der Waals surface area contributed by atoms with Gasteiger partial charge in [0.05, 0.1) is 5.56 Å². The smallest absolute Gasteiger partial charge is 0.227 e. The van der Waals surface area contributed by atoms with Gasteiger partial charge in [0.15, 0.2) is 5.75 Å². The second-order valence-corrected chi connectivity index (χ2v) is 4.44. The SMILES string of the molecule is CCc1c(NN)ncnc1Oc1cccc2cccnc12. The number of para-hydroxylation sites is 1. The summed E-state index contributed by atoms with van der Waals surface area (Å²) in [5.41, 5.74) is 4.18. The predicted octanol–water partition coefficient (Wildman–Crippen LogP) is 2.67. The van der Waals surface area contributed by atoms with Crippen LogP contribution in [0.1, 0.15) is 12.5 Å². The van der Waals surface area contributed by atoms with E-state index in [-0.39, 0.29) is 0 Å². The van der Waals surface area contributed by atoms with Crippen LogP contribution in [0, 0.1) is 0 Å². The zero-order valence-corrected chi connectivity index (χ0v) is 11.6. The van der Waals surface area contributed by atoms with Crippen LogP contribution in [0.15, 0.2) is 42.9 Å². The number of hydrazine groups is 1. The van der Waals surface area contributed by atoms with Crippen molar-refractivity contribution in [2.45, 2.75) is 13.3 Å². The number of rotatable bonds is 4. The number of anilines is 1. The fourth-order valence-corrected chi connectivity index (χ4v) is 2.19. The van der Waals surface area contributed by atoms with Crippen molar-refractivity contribution in [1.82, 2.24) is 15.0 Å². The lowest BCUT2D eigenvalue weighted by Crippen LogP contribution is -2.12. The highest BCUT2D eigenvalue weighted by molar-refractivity contribution is 5.84. The van der Waals surface area contributed by atoms with Crippen LogP contribution in [0.5, 0.6) is 11.6 Å². The van der Waals surface area contributed by atoms with E-state index in [1.54, 1.807) is 6.20 Å². The van der Waals surface area contributed by atoms with Crippen molar-refractivity contribution in [1.29, 1.82) is 0 Å². The predicted molar refractivity (Wildman–Crippen MR) is 81.0 cm³/mol. The number of hydrogen-bond donors (Lipinski definition) is 2. The Balaban J connectivity index is 2.07. The van der Waals surface area contributed by atoms with Gasteiger partial charge >= 0.3 is 0 Å². The number of fused-ring (bicyclic) bond motifs is 1. The Morgan fingerprint density at radius 1 is 1.14 bits per heavy atom. The maximum absolute atomic E-state index is 5.95. The van der Waals surface area contributed by atoms with Crippen molar-refractivity contribution < 1.29 is 4.74 Å². The topological polar surface area (TPSA) is 86.0 Å². The third-order valence-electron chi connectivity index (χ3n) is 3.20. The van der Waals surface area contributed by atoms with Gasteiger partial charge < -0.3 is 10.2 Å². The second-order valence-electron chi connectivity index (χ2n) is 4.44. The lowest BCUT2D eigenvalue weighted by Gasteiger charge is -2.12. The lowest BCUT2D eigenvalue weighted by molar-refractivity contribution is 0.459.